The molecule has 0 spiro atoms. The summed E-state index contributed by atoms with van der Waals surface area (Å²) >= 11 is 1.45. The lowest BCUT2D eigenvalue weighted by Crippen LogP contribution is -2.44. The fourth-order valence-electron chi connectivity index (χ4n) is 3.44. The molecule has 2 aromatic carbocycles. The number of likely N-dealkylation sites (N-methyl/N-ethyl adjacent to an activating group) is 1. The van der Waals surface area contributed by atoms with Crippen LogP contribution in [0.25, 0.3) is 11.3 Å². The summed E-state index contributed by atoms with van der Waals surface area (Å²) in [5.74, 6) is 0. The number of nitrogens with zero attached hydrogens (tertiary/aromatic N) is 4. The number of piperazine rings is 1. The van der Waals surface area contributed by atoms with Gasteiger partial charge >= 0.3 is 0 Å². The van der Waals surface area contributed by atoms with E-state index < -0.39 is 9.84 Å². The van der Waals surface area contributed by atoms with Crippen LogP contribution >= 0.6 is 11.3 Å². The summed E-state index contributed by atoms with van der Waals surface area (Å²) in [6, 6.07) is 15.4. The normalized spacial score (nSPS) is 15.5. The quantitative estimate of drug-likeness (QED) is 0.453. The van der Waals surface area contributed by atoms with Crippen LogP contribution in [0.3, 0.4) is 0 Å². The van der Waals surface area contributed by atoms with Crippen molar-refractivity contribution in [2.24, 2.45) is 5.10 Å². The first kappa shape index (κ1) is 21.5. The highest BCUT2D eigenvalue weighted by Gasteiger charge is 2.18. The van der Waals surface area contributed by atoms with Crippen LogP contribution in [-0.2, 0) is 9.84 Å². The van der Waals surface area contributed by atoms with Crippen molar-refractivity contribution in [2.75, 3.05) is 49.8 Å². The van der Waals surface area contributed by atoms with Crippen LogP contribution in [0.4, 0.5) is 10.8 Å². The van der Waals surface area contributed by atoms with E-state index in [0.717, 1.165) is 43.1 Å². The van der Waals surface area contributed by atoms with Gasteiger partial charge in [0, 0.05) is 54.6 Å². The minimum atomic E-state index is -3.40. The van der Waals surface area contributed by atoms with Crippen molar-refractivity contribution >= 4 is 38.2 Å². The van der Waals surface area contributed by atoms with Crippen LogP contribution in [0.15, 0.2) is 63.9 Å². The van der Waals surface area contributed by atoms with Crippen LogP contribution in [-0.4, -0.2) is 64.0 Å². The molecule has 1 saturated heterocycles. The van der Waals surface area contributed by atoms with Crippen LogP contribution < -0.4 is 10.3 Å². The van der Waals surface area contributed by atoms with Gasteiger partial charge in [-0.1, -0.05) is 30.3 Å². The predicted octanol–water partition coefficient (Wildman–Crippen LogP) is 3.41. The first-order chi connectivity index (χ1) is 14.9. The molecule has 31 heavy (non-hydrogen) atoms. The zero-order chi connectivity index (χ0) is 21.8. The van der Waals surface area contributed by atoms with Gasteiger partial charge in [0.15, 0.2) is 9.84 Å². The van der Waals surface area contributed by atoms with Gasteiger partial charge in [0.1, 0.15) is 0 Å². The van der Waals surface area contributed by atoms with Crippen LogP contribution in [0.1, 0.15) is 5.56 Å². The first-order valence-electron chi connectivity index (χ1n) is 9.98. The van der Waals surface area contributed by atoms with E-state index in [1.54, 1.807) is 6.07 Å². The molecule has 0 amide bonds. The minimum absolute atomic E-state index is 0.276. The van der Waals surface area contributed by atoms with Crippen LogP contribution in [0, 0.1) is 0 Å². The molecule has 1 fully saturated rings. The maximum absolute atomic E-state index is 12.4. The number of rotatable bonds is 6. The lowest BCUT2D eigenvalue weighted by atomic mass is 10.2. The summed E-state index contributed by atoms with van der Waals surface area (Å²) in [7, 11) is -1.31. The SMILES string of the molecule is CN1CCN(c2ccc(C=NNc3nc(-c4ccccc4)cs3)c(S(C)(=O)=O)c2)CC1. The molecule has 1 aromatic heterocycles. The van der Waals surface area contributed by atoms with Crippen molar-refractivity contribution in [3.05, 3.63) is 59.5 Å². The Balaban J connectivity index is 1.51. The molecule has 7 nitrogen and oxygen atoms in total. The van der Waals surface area contributed by atoms with Gasteiger partial charge < -0.3 is 9.80 Å². The smallest absolute Gasteiger partial charge is 0.203 e. The molecule has 0 aliphatic carbocycles. The maximum Gasteiger partial charge on any atom is 0.203 e. The number of anilines is 2. The van der Waals surface area contributed by atoms with E-state index in [4.69, 9.17) is 0 Å². The zero-order valence-corrected chi connectivity index (χ0v) is 19.2. The van der Waals surface area contributed by atoms with E-state index in [9.17, 15) is 8.42 Å². The molecule has 0 saturated carbocycles. The van der Waals surface area contributed by atoms with Gasteiger partial charge in [-0.15, -0.1) is 11.3 Å². The van der Waals surface area contributed by atoms with Crippen LogP contribution in [0.5, 0.6) is 0 Å². The lowest BCUT2D eigenvalue weighted by Gasteiger charge is -2.34. The van der Waals surface area contributed by atoms with E-state index in [1.807, 2.05) is 47.8 Å². The topological polar surface area (TPSA) is 77.9 Å². The summed E-state index contributed by atoms with van der Waals surface area (Å²) in [6.07, 6.45) is 2.77. The molecular formula is C22H25N5O2S2. The third-order valence-electron chi connectivity index (χ3n) is 5.20. The number of nitrogens with one attached hydrogen (secondary N) is 1. The molecule has 0 radical (unpaired) electrons. The standard InChI is InChI=1S/C22H25N5O2S2/c1-26-10-12-27(13-11-26)19-9-8-18(21(14-19)31(2,28)29)15-23-25-22-24-20(16-30-22)17-6-4-3-5-7-17/h3-9,14-16H,10-13H2,1-2H3,(H,24,25). The largest absolute Gasteiger partial charge is 0.369 e. The number of hydrogen-bond acceptors (Lipinski definition) is 8. The van der Waals surface area contributed by atoms with E-state index >= 15 is 0 Å². The second-order valence-corrected chi connectivity index (χ2v) is 10.4. The third-order valence-corrected chi connectivity index (χ3v) is 7.10. The number of benzene rings is 2. The zero-order valence-electron chi connectivity index (χ0n) is 17.5. The maximum atomic E-state index is 12.4. The van der Waals surface area contributed by atoms with Crippen molar-refractivity contribution in [3.8, 4) is 11.3 Å². The molecule has 1 aliphatic heterocycles. The molecule has 1 aliphatic rings. The van der Waals surface area contributed by atoms with Gasteiger partial charge in [-0.05, 0) is 25.2 Å². The lowest BCUT2D eigenvalue weighted by molar-refractivity contribution is 0.313. The monoisotopic (exact) mass is 455 g/mol. The molecule has 162 valence electrons. The van der Waals surface area contributed by atoms with Gasteiger partial charge in [-0.2, -0.15) is 5.10 Å². The van der Waals surface area contributed by atoms with Crippen LogP contribution in [0.2, 0.25) is 0 Å². The van der Waals surface area contributed by atoms with Crippen molar-refractivity contribution in [3.63, 3.8) is 0 Å². The van der Waals surface area contributed by atoms with E-state index in [1.165, 1.54) is 23.8 Å². The van der Waals surface area contributed by atoms with Crippen molar-refractivity contribution in [1.29, 1.82) is 0 Å². The second kappa shape index (κ2) is 9.17. The fraction of sp³-hybridized carbons (Fsp3) is 0.273. The van der Waals surface area contributed by atoms with E-state index in [2.05, 4.69) is 32.4 Å². The van der Waals surface area contributed by atoms with Gasteiger partial charge in [-0.25, -0.2) is 13.4 Å². The highest BCUT2D eigenvalue weighted by molar-refractivity contribution is 7.90. The summed E-state index contributed by atoms with van der Waals surface area (Å²) < 4.78 is 24.8. The number of thiazole rings is 1. The number of sulfone groups is 1. The summed E-state index contributed by atoms with van der Waals surface area (Å²) in [4.78, 5) is 9.29. The fourth-order valence-corrected chi connectivity index (χ4v) is 4.99. The van der Waals surface area contributed by atoms with Gasteiger partial charge in [-0.3, -0.25) is 5.43 Å². The minimum Gasteiger partial charge on any atom is -0.369 e. The van der Waals surface area contributed by atoms with Gasteiger partial charge in [0.2, 0.25) is 5.13 Å². The van der Waals surface area contributed by atoms with Gasteiger partial charge in [0.25, 0.3) is 0 Å². The van der Waals surface area contributed by atoms with Crippen molar-refractivity contribution < 1.29 is 8.42 Å². The number of hydrogen-bond donors (Lipinski definition) is 1. The molecule has 2 heterocycles. The summed E-state index contributed by atoms with van der Waals surface area (Å²) in [5, 5.41) is 6.84. The highest BCUT2D eigenvalue weighted by Crippen LogP contribution is 2.26. The Hall–Kier alpha value is -2.75. The Morgan fingerprint density at radius 2 is 1.84 bits per heavy atom. The van der Waals surface area contributed by atoms with E-state index in [-0.39, 0.29) is 4.90 Å². The highest BCUT2D eigenvalue weighted by atomic mass is 32.2. The van der Waals surface area contributed by atoms with Crippen molar-refractivity contribution in [2.45, 2.75) is 4.90 Å². The Morgan fingerprint density at radius 1 is 1.10 bits per heavy atom. The summed E-state index contributed by atoms with van der Waals surface area (Å²) in [6.45, 7) is 3.67. The van der Waals surface area contributed by atoms with Gasteiger partial charge in [0.05, 0.1) is 16.8 Å². The molecule has 9 heteroatoms. The molecule has 3 aromatic rings. The number of aromatic nitrogens is 1. The Labute approximate surface area is 187 Å². The molecule has 0 bridgehead atoms. The number of hydrazone groups is 1. The molecule has 0 atom stereocenters. The second-order valence-electron chi connectivity index (χ2n) is 7.56. The Morgan fingerprint density at radius 3 is 2.55 bits per heavy atom. The Bertz CT molecular complexity index is 1170. The average molecular weight is 456 g/mol. The summed E-state index contributed by atoms with van der Waals surface area (Å²) in [5.41, 5.74) is 6.29. The molecular weight excluding hydrogens is 430 g/mol. The third kappa shape index (κ3) is 5.30. The first-order valence-corrected chi connectivity index (χ1v) is 12.7. The van der Waals surface area contributed by atoms with E-state index in [0.29, 0.717) is 10.7 Å². The predicted molar refractivity (Wildman–Crippen MR) is 128 cm³/mol. The Kier molecular flexibility index (Phi) is 6.35. The molecule has 1 N–H and O–H groups in total. The molecule has 4 rings (SSSR count). The average Bonchev–Trinajstić information content (AvgIpc) is 3.23. The van der Waals surface area contributed by atoms with Crippen molar-refractivity contribution in [1.82, 2.24) is 9.88 Å². The molecule has 0 unspecified atom stereocenters.